The van der Waals surface area contributed by atoms with Gasteiger partial charge in [-0.05, 0) is 57.0 Å². The van der Waals surface area contributed by atoms with E-state index in [2.05, 4.69) is 14.9 Å². The van der Waals surface area contributed by atoms with Crippen LogP contribution in [0.2, 0.25) is 0 Å². The van der Waals surface area contributed by atoms with E-state index in [9.17, 15) is 5.11 Å². The average molecular weight is 249 g/mol. The molecule has 2 fully saturated rings. The van der Waals surface area contributed by atoms with Crippen molar-refractivity contribution in [2.75, 3.05) is 13.1 Å². The number of aliphatic hydroxyl groups excluding tert-OH is 1. The molecule has 0 aromatic carbocycles. The van der Waals surface area contributed by atoms with Crippen LogP contribution in [0.25, 0.3) is 0 Å². The number of nitrogens with zero attached hydrogens (tertiary/aromatic N) is 2. The molecule has 1 aliphatic heterocycles. The first-order chi connectivity index (χ1) is 8.76. The third kappa shape index (κ3) is 2.59. The molecular formula is C14H23N3O. The fourth-order valence-electron chi connectivity index (χ4n) is 3.50. The van der Waals surface area contributed by atoms with Gasteiger partial charge in [0.15, 0.2) is 0 Å². The average Bonchev–Trinajstić information content (AvgIpc) is 2.89. The minimum absolute atomic E-state index is 0.0308. The van der Waals surface area contributed by atoms with Crippen LogP contribution in [-0.2, 0) is 6.54 Å². The van der Waals surface area contributed by atoms with Crippen molar-refractivity contribution in [1.29, 1.82) is 0 Å². The molecule has 100 valence electrons. The van der Waals surface area contributed by atoms with E-state index in [0.29, 0.717) is 5.41 Å². The van der Waals surface area contributed by atoms with Crippen molar-refractivity contribution in [1.82, 2.24) is 14.9 Å². The van der Waals surface area contributed by atoms with Crippen LogP contribution in [0.1, 0.15) is 44.3 Å². The molecule has 2 N–H and O–H groups in total. The van der Waals surface area contributed by atoms with Crippen molar-refractivity contribution < 1.29 is 5.11 Å². The molecular weight excluding hydrogens is 226 g/mol. The molecule has 1 aliphatic carbocycles. The summed E-state index contributed by atoms with van der Waals surface area (Å²) in [6.07, 6.45) is 10.7. The Labute approximate surface area is 108 Å². The van der Waals surface area contributed by atoms with Crippen LogP contribution in [0, 0.1) is 5.41 Å². The zero-order valence-corrected chi connectivity index (χ0v) is 10.9. The highest BCUT2D eigenvalue weighted by molar-refractivity contribution is 4.93. The van der Waals surface area contributed by atoms with Crippen molar-refractivity contribution in [3.05, 3.63) is 18.2 Å². The normalized spacial score (nSPS) is 25.6. The van der Waals surface area contributed by atoms with E-state index in [4.69, 9.17) is 0 Å². The number of aromatic amines is 1. The minimum atomic E-state index is -0.0308. The molecule has 3 rings (SSSR count). The molecule has 4 nitrogen and oxygen atoms in total. The highest BCUT2D eigenvalue weighted by atomic mass is 16.3. The van der Waals surface area contributed by atoms with Crippen molar-refractivity contribution in [2.45, 2.75) is 51.2 Å². The molecule has 0 bridgehead atoms. The topological polar surface area (TPSA) is 52.1 Å². The summed E-state index contributed by atoms with van der Waals surface area (Å²) in [5, 5.41) is 9.62. The molecule has 0 amide bonds. The van der Waals surface area contributed by atoms with Gasteiger partial charge in [-0.25, -0.2) is 4.98 Å². The molecule has 18 heavy (non-hydrogen) atoms. The SMILES string of the molecule is OC1CCC2(CC1)CCN(Cc1ncc[nH]1)CC2. The van der Waals surface area contributed by atoms with Gasteiger partial charge >= 0.3 is 0 Å². The van der Waals surface area contributed by atoms with Gasteiger partial charge in [0.1, 0.15) is 5.82 Å². The smallest absolute Gasteiger partial charge is 0.120 e. The lowest BCUT2D eigenvalue weighted by atomic mass is 9.67. The van der Waals surface area contributed by atoms with E-state index in [1.807, 2.05) is 12.4 Å². The van der Waals surface area contributed by atoms with Gasteiger partial charge in [0, 0.05) is 12.4 Å². The number of imidazole rings is 1. The Kier molecular flexibility index (Phi) is 3.39. The Balaban J connectivity index is 1.52. The molecule has 0 atom stereocenters. The number of likely N-dealkylation sites (tertiary alicyclic amines) is 1. The van der Waals surface area contributed by atoms with Crippen LogP contribution >= 0.6 is 0 Å². The highest BCUT2D eigenvalue weighted by Gasteiger charge is 2.37. The monoisotopic (exact) mass is 249 g/mol. The first-order valence-electron chi connectivity index (χ1n) is 7.14. The number of piperidine rings is 1. The van der Waals surface area contributed by atoms with E-state index in [1.165, 1.54) is 38.8 Å². The summed E-state index contributed by atoms with van der Waals surface area (Å²) < 4.78 is 0. The van der Waals surface area contributed by atoms with Crippen molar-refractivity contribution >= 4 is 0 Å². The number of hydrogen-bond acceptors (Lipinski definition) is 3. The lowest BCUT2D eigenvalue weighted by molar-refractivity contribution is 0.0150. The summed E-state index contributed by atoms with van der Waals surface area (Å²) in [5.41, 5.74) is 0.541. The first-order valence-corrected chi connectivity index (χ1v) is 7.14. The number of aromatic nitrogens is 2. The van der Waals surface area contributed by atoms with Gasteiger partial charge in [-0.2, -0.15) is 0 Å². The summed E-state index contributed by atoms with van der Waals surface area (Å²) in [6, 6.07) is 0. The van der Waals surface area contributed by atoms with Crippen LogP contribution in [0.4, 0.5) is 0 Å². The molecule has 0 radical (unpaired) electrons. The second kappa shape index (κ2) is 5.02. The summed E-state index contributed by atoms with van der Waals surface area (Å²) in [6.45, 7) is 3.30. The Morgan fingerprint density at radius 3 is 2.61 bits per heavy atom. The van der Waals surface area contributed by atoms with Gasteiger partial charge in [-0.15, -0.1) is 0 Å². The van der Waals surface area contributed by atoms with Gasteiger partial charge in [-0.3, -0.25) is 4.90 Å². The van der Waals surface area contributed by atoms with Crippen LogP contribution in [0.5, 0.6) is 0 Å². The molecule has 1 aromatic rings. The number of nitrogens with one attached hydrogen (secondary N) is 1. The minimum Gasteiger partial charge on any atom is -0.393 e. The van der Waals surface area contributed by atoms with E-state index >= 15 is 0 Å². The van der Waals surface area contributed by atoms with Crippen molar-refractivity contribution in [3.8, 4) is 0 Å². The van der Waals surface area contributed by atoms with Crippen molar-refractivity contribution in [2.24, 2.45) is 5.41 Å². The van der Waals surface area contributed by atoms with Crippen LogP contribution < -0.4 is 0 Å². The molecule has 4 heteroatoms. The van der Waals surface area contributed by atoms with Crippen LogP contribution in [0.15, 0.2) is 12.4 Å². The summed E-state index contributed by atoms with van der Waals surface area (Å²) in [7, 11) is 0. The van der Waals surface area contributed by atoms with Gasteiger partial charge in [0.05, 0.1) is 12.6 Å². The van der Waals surface area contributed by atoms with Gasteiger partial charge in [0.25, 0.3) is 0 Å². The molecule has 2 aliphatic rings. The maximum atomic E-state index is 9.62. The van der Waals surface area contributed by atoms with E-state index in [0.717, 1.165) is 25.2 Å². The Bertz CT molecular complexity index is 358. The summed E-state index contributed by atoms with van der Waals surface area (Å²) in [5.74, 6) is 1.07. The Morgan fingerprint density at radius 2 is 2.00 bits per heavy atom. The summed E-state index contributed by atoms with van der Waals surface area (Å²) in [4.78, 5) is 9.96. The van der Waals surface area contributed by atoms with Crippen LogP contribution in [-0.4, -0.2) is 39.2 Å². The zero-order chi connectivity index (χ0) is 12.4. The first kappa shape index (κ1) is 12.2. The third-order valence-electron chi connectivity index (χ3n) is 4.86. The van der Waals surface area contributed by atoms with E-state index < -0.39 is 0 Å². The summed E-state index contributed by atoms with van der Waals surface area (Å²) >= 11 is 0. The molecule has 1 saturated heterocycles. The maximum Gasteiger partial charge on any atom is 0.120 e. The highest BCUT2D eigenvalue weighted by Crippen LogP contribution is 2.44. The number of rotatable bonds is 2. The number of H-pyrrole nitrogens is 1. The van der Waals surface area contributed by atoms with Crippen molar-refractivity contribution in [3.63, 3.8) is 0 Å². The second-order valence-electron chi connectivity index (χ2n) is 6.04. The largest absolute Gasteiger partial charge is 0.393 e. The van der Waals surface area contributed by atoms with Gasteiger partial charge in [-0.1, -0.05) is 0 Å². The van der Waals surface area contributed by atoms with E-state index in [-0.39, 0.29) is 6.10 Å². The van der Waals surface area contributed by atoms with Gasteiger partial charge in [0.2, 0.25) is 0 Å². The van der Waals surface area contributed by atoms with E-state index in [1.54, 1.807) is 0 Å². The number of hydrogen-bond donors (Lipinski definition) is 2. The second-order valence-corrected chi connectivity index (χ2v) is 6.04. The lowest BCUT2D eigenvalue weighted by Crippen LogP contribution is -2.42. The number of aliphatic hydroxyl groups is 1. The van der Waals surface area contributed by atoms with Gasteiger partial charge < -0.3 is 10.1 Å². The quantitative estimate of drug-likeness (QED) is 0.842. The molecule has 1 saturated carbocycles. The zero-order valence-electron chi connectivity index (χ0n) is 10.9. The molecule has 1 spiro atoms. The predicted molar refractivity (Wildman–Crippen MR) is 70.0 cm³/mol. The lowest BCUT2D eigenvalue weighted by Gasteiger charge is -2.45. The molecule has 1 aromatic heterocycles. The molecule has 2 heterocycles. The fraction of sp³-hybridized carbons (Fsp3) is 0.786. The third-order valence-corrected chi connectivity index (χ3v) is 4.86. The fourth-order valence-corrected chi connectivity index (χ4v) is 3.50. The molecule has 0 unspecified atom stereocenters. The van der Waals surface area contributed by atoms with Crippen LogP contribution in [0.3, 0.4) is 0 Å². The Morgan fingerprint density at radius 1 is 1.28 bits per heavy atom. The Hall–Kier alpha value is -0.870. The standard InChI is InChI=1S/C14H23N3O/c18-12-1-3-14(4-2-12)5-9-17(10-6-14)11-13-15-7-8-16-13/h7-8,12,18H,1-6,9-11H2,(H,15,16). The maximum absolute atomic E-state index is 9.62. The predicted octanol–water partition coefficient (Wildman–Crippen LogP) is 1.93.